The molecule has 0 atom stereocenters. The van der Waals surface area contributed by atoms with Gasteiger partial charge >= 0.3 is 0 Å². The summed E-state index contributed by atoms with van der Waals surface area (Å²) in [4.78, 5) is 4.27. The average Bonchev–Trinajstić information content (AvgIpc) is 2.48. The SMILES string of the molecule is CCC(C)(C)CNc1nc(Br)cs1. The molecule has 1 N–H and O–H groups in total. The maximum atomic E-state index is 4.27. The molecule has 74 valence electrons. The molecular formula is C9H15BrN2S. The van der Waals surface area contributed by atoms with Gasteiger partial charge < -0.3 is 5.32 Å². The van der Waals surface area contributed by atoms with E-state index in [9.17, 15) is 0 Å². The lowest BCUT2D eigenvalue weighted by Gasteiger charge is -2.22. The summed E-state index contributed by atoms with van der Waals surface area (Å²) in [6, 6.07) is 0. The molecule has 0 saturated heterocycles. The van der Waals surface area contributed by atoms with Crippen LogP contribution in [0.15, 0.2) is 9.98 Å². The number of nitrogens with zero attached hydrogens (tertiary/aromatic N) is 1. The van der Waals surface area contributed by atoms with Crippen LogP contribution in [0.3, 0.4) is 0 Å². The highest BCUT2D eigenvalue weighted by Crippen LogP contribution is 2.23. The summed E-state index contributed by atoms with van der Waals surface area (Å²) in [6.45, 7) is 7.69. The second-order valence-electron chi connectivity index (χ2n) is 3.85. The smallest absolute Gasteiger partial charge is 0.183 e. The molecule has 0 fully saturated rings. The fraction of sp³-hybridized carbons (Fsp3) is 0.667. The van der Waals surface area contributed by atoms with Crippen LogP contribution >= 0.6 is 27.3 Å². The van der Waals surface area contributed by atoms with Crippen molar-refractivity contribution >= 4 is 32.4 Å². The van der Waals surface area contributed by atoms with Crippen LogP contribution in [-0.4, -0.2) is 11.5 Å². The summed E-state index contributed by atoms with van der Waals surface area (Å²) in [5.74, 6) is 0. The third-order valence-electron chi connectivity index (χ3n) is 2.15. The van der Waals surface area contributed by atoms with Crippen molar-refractivity contribution < 1.29 is 0 Å². The van der Waals surface area contributed by atoms with Crippen molar-refractivity contribution in [2.45, 2.75) is 27.2 Å². The number of halogens is 1. The van der Waals surface area contributed by atoms with Crippen molar-refractivity contribution in [1.29, 1.82) is 0 Å². The van der Waals surface area contributed by atoms with E-state index in [1.165, 1.54) is 6.42 Å². The van der Waals surface area contributed by atoms with E-state index >= 15 is 0 Å². The van der Waals surface area contributed by atoms with E-state index < -0.39 is 0 Å². The van der Waals surface area contributed by atoms with Gasteiger partial charge in [0.25, 0.3) is 0 Å². The van der Waals surface area contributed by atoms with Gasteiger partial charge in [-0.1, -0.05) is 20.8 Å². The van der Waals surface area contributed by atoms with E-state index in [-0.39, 0.29) is 0 Å². The van der Waals surface area contributed by atoms with Crippen molar-refractivity contribution in [3.05, 3.63) is 9.98 Å². The zero-order valence-electron chi connectivity index (χ0n) is 8.22. The molecule has 0 amide bonds. The Balaban J connectivity index is 2.43. The second-order valence-corrected chi connectivity index (χ2v) is 5.52. The summed E-state index contributed by atoms with van der Waals surface area (Å²) in [6.07, 6.45) is 1.17. The van der Waals surface area contributed by atoms with Crippen LogP contribution in [0.2, 0.25) is 0 Å². The van der Waals surface area contributed by atoms with Gasteiger partial charge in [-0.3, -0.25) is 0 Å². The first-order chi connectivity index (χ1) is 6.03. The van der Waals surface area contributed by atoms with Crippen LogP contribution in [0.4, 0.5) is 5.13 Å². The highest BCUT2D eigenvalue weighted by molar-refractivity contribution is 9.10. The minimum absolute atomic E-state index is 0.345. The molecule has 1 heterocycles. The first-order valence-corrected chi connectivity index (χ1v) is 6.06. The number of hydrogen-bond donors (Lipinski definition) is 1. The van der Waals surface area contributed by atoms with E-state index in [2.05, 4.69) is 47.0 Å². The Labute approximate surface area is 91.9 Å². The minimum Gasteiger partial charge on any atom is -0.361 e. The van der Waals surface area contributed by atoms with Crippen LogP contribution in [0, 0.1) is 5.41 Å². The molecule has 0 aromatic carbocycles. The fourth-order valence-electron chi connectivity index (χ4n) is 0.775. The zero-order valence-corrected chi connectivity index (χ0v) is 10.6. The number of nitrogens with one attached hydrogen (secondary N) is 1. The topological polar surface area (TPSA) is 24.9 Å². The summed E-state index contributed by atoms with van der Waals surface area (Å²) < 4.78 is 0.911. The molecule has 0 aliphatic heterocycles. The predicted octanol–water partition coefficient (Wildman–Crippen LogP) is 3.75. The lowest BCUT2D eigenvalue weighted by atomic mass is 9.90. The van der Waals surface area contributed by atoms with Gasteiger partial charge in [-0.2, -0.15) is 0 Å². The Morgan fingerprint density at radius 3 is 2.77 bits per heavy atom. The normalized spacial score (nSPS) is 11.7. The molecule has 1 rings (SSSR count). The largest absolute Gasteiger partial charge is 0.361 e. The number of aromatic nitrogens is 1. The van der Waals surface area contributed by atoms with Crippen LogP contribution in [0.5, 0.6) is 0 Å². The summed E-state index contributed by atoms with van der Waals surface area (Å²) in [5.41, 5.74) is 0.345. The molecular weight excluding hydrogens is 248 g/mol. The van der Waals surface area contributed by atoms with Gasteiger partial charge in [0.2, 0.25) is 0 Å². The molecule has 2 nitrogen and oxygen atoms in total. The van der Waals surface area contributed by atoms with Gasteiger partial charge in [0.15, 0.2) is 5.13 Å². The van der Waals surface area contributed by atoms with Crippen LogP contribution < -0.4 is 5.32 Å². The first kappa shape index (κ1) is 11.0. The lowest BCUT2D eigenvalue weighted by molar-refractivity contribution is 0.377. The van der Waals surface area contributed by atoms with Gasteiger partial charge in [0.1, 0.15) is 4.60 Å². The Kier molecular flexibility index (Phi) is 3.74. The Morgan fingerprint density at radius 2 is 2.31 bits per heavy atom. The summed E-state index contributed by atoms with van der Waals surface area (Å²) in [7, 11) is 0. The standard InChI is InChI=1S/C9H15BrN2S/c1-4-9(2,3)6-11-8-12-7(10)5-13-8/h5H,4,6H2,1-3H3,(H,11,12). The van der Waals surface area contributed by atoms with Crippen molar-refractivity contribution in [2.24, 2.45) is 5.41 Å². The van der Waals surface area contributed by atoms with E-state index in [0.29, 0.717) is 5.41 Å². The second kappa shape index (κ2) is 4.42. The minimum atomic E-state index is 0.345. The van der Waals surface area contributed by atoms with Crippen molar-refractivity contribution in [2.75, 3.05) is 11.9 Å². The molecule has 0 saturated carbocycles. The van der Waals surface area contributed by atoms with Crippen molar-refractivity contribution in [3.63, 3.8) is 0 Å². The zero-order chi connectivity index (χ0) is 9.90. The molecule has 13 heavy (non-hydrogen) atoms. The van der Waals surface area contributed by atoms with Crippen LogP contribution in [-0.2, 0) is 0 Å². The summed E-state index contributed by atoms with van der Waals surface area (Å²) >= 11 is 4.96. The van der Waals surface area contributed by atoms with E-state index in [4.69, 9.17) is 0 Å². The van der Waals surface area contributed by atoms with Gasteiger partial charge in [-0.15, -0.1) is 11.3 Å². The average molecular weight is 263 g/mol. The van der Waals surface area contributed by atoms with Gasteiger partial charge in [-0.05, 0) is 27.8 Å². The lowest BCUT2D eigenvalue weighted by Crippen LogP contribution is -2.21. The molecule has 0 bridgehead atoms. The van der Waals surface area contributed by atoms with Gasteiger partial charge in [0, 0.05) is 11.9 Å². The predicted molar refractivity (Wildman–Crippen MR) is 62.4 cm³/mol. The summed E-state index contributed by atoms with van der Waals surface area (Å²) in [5, 5.41) is 6.32. The number of thiazole rings is 1. The van der Waals surface area contributed by atoms with E-state index in [1.807, 2.05) is 5.38 Å². The molecule has 1 aromatic heterocycles. The molecule has 0 spiro atoms. The number of hydrogen-bond acceptors (Lipinski definition) is 3. The van der Waals surface area contributed by atoms with Crippen LogP contribution in [0.25, 0.3) is 0 Å². The quantitative estimate of drug-likeness (QED) is 0.894. The molecule has 0 aliphatic rings. The molecule has 0 aliphatic carbocycles. The van der Waals surface area contributed by atoms with E-state index in [0.717, 1.165) is 16.3 Å². The monoisotopic (exact) mass is 262 g/mol. The molecule has 0 radical (unpaired) electrons. The Hall–Kier alpha value is -0.0900. The first-order valence-electron chi connectivity index (χ1n) is 4.38. The third-order valence-corrected chi connectivity index (χ3v) is 3.66. The highest BCUT2D eigenvalue weighted by Gasteiger charge is 2.14. The van der Waals surface area contributed by atoms with Crippen molar-refractivity contribution in [3.8, 4) is 0 Å². The maximum Gasteiger partial charge on any atom is 0.183 e. The van der Waals surface area contributed by atoms with E-state index in [1.54, 1.807) is 11.3 Å². The highest BCUT2D eigenvalue weighted by atomic mass is 79.9. The van der Waals surface area contributed by atoms with Gasteiger partial charge in [0.05, 0.1) is 0 Å². The van der Waals surface area contributed by atoms with Crippen LogP contribution in [0.1, 0.15) is 27.2 Å². The Bertz CT molecular complexity index is 270. The number of anilines is 1. The fourth-order valence-corrected chi connectivity index (χ4v) is 1.92. The Morgan fingerprint density at radius 1 is 1.62 bits per heavy atom. The van der Waals surface area contributed by atoms with Crippen molar-refractivity contribution in [1.82, 2.24) is 4.98 Å². The number of rotatable bonds is 4. The molecule has 4 heteroatoms. The molecule has 1 aromatic rings. The molecule has 0 unspecified atom stereocenters. The maximum absolute atomic E-state index is 4.27. The van der Waals surface area contributed by atoms with Gasteiger partial charge in [-0.25, -0.2) is 4.98 Å². The third kappa shape index (κ3) is 3.65.